The molecule has 144 valence electrons. The number of benzene rings is 2. The maximum absolute atomic E-state index is 4.70. The number of aryl methyl sites for hydroxylation is 3. The van der Waals surface area contributed by atoms with Crippen LogP contribution < -0.4 is 15.1 Å². The Morgan fingerprint density at radius 2 is 1.61 bits per heavy atom. The van der Waals surface area contributed by atoms with Gasteiger partial charge in [0.15, 0.2) is 5.82 Å². The van der Waals surface area contributed by atoms with Gasteiger partial charge in [0.05, 0.1) is 6.20 Å². The maximum Gasteiger partial charge on any atom is 0.249 e. The Labute approximate surface area is 166 Å². The molecule has 1 N–H and O–H groups in total. The van der Waals surface area contributed by atoms with E-state index < -0.39 is 0 Å². The van der Waals surface area contributed by atoms with Crippen molar-refractivity contribution in [2.24, 2.45) is 0 Å². The van der Waals surface area contributed by atoms with Crippen LogP contribution in [0.25, 0.3) is 0 Å². The monoisotopic (exact) mass is 374 g/mol. The third-order valence-electron chi connectivity index (χ3n) is 5.16. The van der Waals surface area contributed by atoms with Crippen LogP contribution >= 0.6 is 0 Å². The van der Waals surface area contributed by atoms with Crippen molar-refractivity contribution in [3.05, 3.63) is 65.4 Å². The van der Waals surface area contributed by atoms with Gasteiger partial charge in [0.1, 0.15) is 0 Å². The second-order valence-corrected chi connectivity index (χ2v) is 7.39. The molecule has 2 aromatic carbocycles. The number of piperazine rings is 1. The second-order valence-electron chi connectivity index (χ2n) is 7.39. The molecule has 0 aliphatic carbocycles. The fraction of sp³-hybridized carbons (Fsp3) is 0.318. The minimum atomic E-state index is 0.535. The molecule has 6 heteroatoms. The van der Waals surface area contributed by atoms with Gasteiger partial charge in [-0.25, -0.2) is 0 Å². The molecule has 0 saturated carbocycles. The molecule has 0 unspecified atom stereocenters. The van der Waals surface area contributed by atoms with Crippen molar-refractivity contribution in [1.82, 2.24) is 15.2 Å². The van der Waals surface area contributed by atoms with Gasteiger partial charge in [-0.2, -0.15) is 10.1 Å². The molecule has 0 spiro atoms. The number of nitrogens with one attached hydrogen (secondary N) is 1. The van der Waals surface area contributed by atoms with Crippen LogP contribution in [0.1, 0.15) is 16.7 Å². The topological polar surface area (TPSA) is 57.2 Å². The quantitative estimate of drug-likeness (QED) is 0.748. The van der Waals surface area contributed by atoms with Crippen LogP contribution in [0.5, 0.6) is 0 Å². The van der Waals surface area contributed by atoms with E-state index in [0.29, 0.717) is 5.95 Å². The molecule has 3 aromatic rings. The highest BCUT2D eigenvalue weighted by Gasteiger charge is 2.19. The van der Waals surface area contributed by atoms with Crippen molar-refractivity contribution in [3.63, 3.8) is 0 Å². The predicted molar refractivity (Wildman–Crippen MR) is 115 cm³/mol. The Balaban J connectivity index is 1.44. The summed E-state index contributed by atoms with van der Waals surface area (Å²) < 4.78 is 0. The SMILES string of the molecule is Cc1cccc(N2CCN(c3cnnc(Nc4cc(C)ccc4C)n3)CC2)c1. The summed E-state index contributed by atoms with van der Waals surface area (Å²) in [6.45, 7) is 10.0. The molecule has 0 atom stereocenters. The maximum atomic E-state index is 4.70. The summed E-state index contributed by atoms with van der Waals surface area (Å²) >= 11 is 0. The number of nitrogens with zero attached hydrogens (tertiary/aromatic N) is 5. The van der Waals surface area contributed by atoms with Crippen LogP contribution in [0.4, 0.5) is 23.1 Å². The number of hydrogen-bond donors (Lipinski definition) is 1. The summed E-state index contributed by atoms with van der Waals surface area (Å²) in [5.41, 5.74) is 5.96. The zero-order valence-corrected chi connectivity index (χ0v) is 16.7. The van der Waals surface area contributed by atoms with E-state index in [1.165, 1.54) is 16.8 Å². The summed E-state index contributed by atoms with van der Waals surface area (Å²) in [5, 5.41) is 11.6. The van der Waals surface area contributed by atoms with Crippen molar-refractivity contribution >= 4 is 23.1 Å². The molecule has 2 heterocycles. The smallest absolute Gasteiger partial charge is 0.249 e. The average molecular weight is 374 g/mol. The number of aromatic nitrogens is 3. The van der Waals surface area contributed by atoms with Crippen LogP contribution in [0.2, 0.25) is 0 Å². The van der Waals surface area contributed by atoms with Crippen molar-refractivity contribution < 1.29 is 0 Å². The van der Waals surface area contributed by atoms with Crippen molar-refractivity contribution in [1.29, 1.82) is 0 Å². The summed E-state index contributed by atoms with van der Waals surface area (Å²) in [7, 11) is 0. The molecule has 1 aliphatic rings. The van der Waals surface area contributed by atoms with Crippen LogP contribution in [0, 0.1) is 20.8 Å². The van der Waals surface area contributed by atoms with E-state index in [9.17, 15) is 0 Å². The first-order valence-corrected chi connectivity index (χ1v) is 9.69. The Hall–Kier alpha value is -3.15. The van der Waals surface area contributed by atoms with Gasteiger partial charge < -0.3 is 15.1 Å². The minimum absolute atomic E-state index is 0.535. The summed E-state index contributed by atoms with van der Waals surface area (Å²) in [6.07, 6.45) is 1.75. The zero-order chi connectivity index (χ0) is 19.5. The molecule has 0 bridgehead atoms. The van der Waals surface area contributed by atoms with Gasteiger partial charge >= 0.3 is 0 Å². The Morgan fingerprint density at radius 1 is 0.857 bits per heavy atom. The van der Waals surface area contributed by atoms with Gasteiger partial charge in [0, 0.05) is 37.6 Å². The molecule has 6 nitrogen and oxygen atoms in total. The van der Waals surface area contributed by atoms with Gasteiger partial charge in [0.25, 0.3) is 0 Å². The molecule has 1 saturated heterocycles. The Bertz CT molecular complexity index is 963. The lowest BCUT2D eigenvalue weighted by Gasteiger charge is -2.36. The second kappa shape index (κ2) is 7.84. The van der Waals surface area contributed by atoms with E-state index in [0.717, 1.165) is 43.2 Å². The largest absolute Gasteiger partial charge is 0.368 e. The van der Waals surface area contributed by atoms with Crippen LogP contribution in [-0.4, -0.2) is 41.4 Å². The molecular weight excluding hydrogens is 348 g/mol. The third kappa shape index (κ3) is 4.06. The van der Waals surface area contributed by atoms with Crippen LogP contribution in [0.3, 0.4) is 0 Å². The predicted octanol–water partition coefficient (Wildman–Crippen LogP) is 3.87. The van der Waals surface area contributed by atoms with Gasteiger partial charge in [-0.05, 0) is 55.7 Å². The molecule has 0 radical (unpaired) electrons. The van der Waals surface area contributed by atoms with E-state index in [-0.39, 0.29) is 0 Å². The molecule has 1 fully saturated rings. The molecule has 1 aromatic heterocycles. The van der Waals surface area contributed by atoms with E-state index in [1.807, 2.05) is 0 Å². The van der Waals surface area contributed by atoms with E-state index >= 15 is 0 Å². The van der Waals surface area contributed by atoms with Gasteiger partial charge in [0.2, 0.25) is 5.95 Å². The first-order chi connectivity index (χ1) is 13.6. The molecule has 28 heavy (non-hydrogen) atoms. The molecule has 1 aliphatic heterocycles. The number of anilines is 4. The van der Waals surface area contributed by atoms with Gasteiger partial charge in [-0.15, -0.1) is 5.10 Å². The first-order valence-electron chi connectivity index (χ1n) is 9.69. The molecule has 0 amide bonds. The first kappa shape index (κ1) is 18.2. The highest BCUT2D eigenvalue weighted by atomic mass is 15.3. The Morgan fingerprint density at radius 3 is 2.39 bits per heavy atom. The highest BCUT2D eigenvalue weighted by molar-refractivity contribution is 5.60. The number of rotatable bonds is 4. The minimum Gasteiger partial charge on any atom is -0.368 e. The summed E-state index contributed by atoms with van der Waals surface area (Å²) in [6, 6.07) is 15.0. The zero-order valence-electron chi connectivity index (χ0n) is 16.7. The van der Waals surface area contributed by atoms with Gasteiger partial charge in [-0.1, -0.05) is 24.3 Å². The van der Waals surface area contributed by atoms with Gasteiger partial charge in [-0.3, -0.25) is 0 Å². The summed E-state index contributed by atoms with van der Waals surface area (Å²) in [4.78, 5) is 9.39. The fourth-order valence-electron chi connectivity index (χ4n) is 3.51. The van der Waals surface area contributed by atoms with Crippen molar-refractivity contribution in [3.8, 4) is 0 Å². The van der Waals surface area contributed by atoms with E-state index in [4.69, 9.17) is 4.98 Å². The van der Waals surface area contributed by atoms with Crippen LogP contribution in [0.15, 0.2) is 48.7 Å². The van der Waals surface area contributed by atoms with Crippen LogP contribution in [-0.2, 0) is 0 Å². The number of hydrogen-bond acceptors (Lipinski definition) is 6. The molecular formula is C22H26N6. The Kier molecular flexibility index (Phi) is 5.10. The van der Waals surface area contributed by atoms with Crippen molar-refractivity contribution in [2.45, 2.75) is 20.8 Å². The average Bonchev–Trinajstić information content (AvgIpc) is 2.71. The third-order valence-corrected chi connectivity index (χ3v) is 5.16. The summed E-state index contributed by atoms with van der Waals surface area (Å²) in [5.74, 6) is 1.40. The lowest BCUT2D eigenvalue weighted by molar-refractivity contribution is 0.644. The lowest BCUT2D eigenvalue weighted by atomic mass is 10.1. The van der Waals surface area contributed by atoms with Crippen molar-refractivity contribution in [2.75, 3.05) is 41.3 Å². The normalized spacial score (nSPS) is 14.2. The fourth-order valence-corrected chi connectivity index (χ4v) is 3.51. The lowest BCUT2D eigenvalue weighted by Crippen LogP contribution is -2.47. The van der Waals surface area contributed by atoms with E-state index in [2.05, 4.69) is 88.5 Å². The highest BCUT2D eigenvalue weighted by Crippen LogP contribution is 2.22. The van der Waals surface area contributed by atoms with E-state index in [1.54, 1.807) is 6.20 Å². The standard InChI is InChI=1S/C22H26N6/c1-16-5-4-6-19(13-16)27-9-11-28(12-10-27)21-15-23-26-22(25-21)24-20-14-17(2)7-8-18(20)3/h4-8,13-15H,9-12H2,1-3H3,(H,24,25,26). The molecule has 4 rings (SSSR count).